The minimum absolute atomic E-state index is 0.0677. The summed E-state index contributed by atoms with van der Waals surface area (Å²) in [6.07, 6.45) is 3.85. The SMILES string of the molecule is Cc1cc(OCC(=O)NC2CCC(F)(CCN3CCc4ccc(OCC(C)(F)F)nc4CC3)CC2)no1. The molecular weight excluding hydrogens is 489 g/mol. The number of nitrogens with zero attached hydrogens (tertiary/aromatic N) is 3. The number of ether oxygens (including phenoxy) is 2. The largest absolute Gasteiger partial charge is 0.471 e. The minimum atomic E-state index is -2.91. The second-order valence-electron chi connectivity index (χ2n) is 10.3. The number of nitrogens with one attached hydrogen (secondary N) is 1. The molecule has 0 unspecified atom stereocenters. The van der Waals surface area contributed by atoms with Gasteiger partial charge in [-0.1, -0.05) is 6.07 Å². The van der Waals surface area contributed by atoms with Crippen LogP contribution in [-0.2, 0) is 17.6 Å². The van der Waals surface area contributed by atoms with Crippen molar-refractivity contribution in [1.82, 2.24) is 20.4 Å². The normalized spacial score (nSPS) is 22.7. The Labute approximate surface area is 214 Å². The Hall–Kier alpha value is -2.82. The zero-order chi connectivity index (χ0) is 26.5. The minimum Gasteiger partial charge on any atom is -0.471 e. The molecule has 1 amide bonds. The first-order chi connectivity index (χ1) is 17.6. The van der Waals surface area contributed by atoms with Crippen LogP contribution in [0.15, 0.2) is 22.7 Å². The standard InChI is InChI=1S/C26H35F3N4O4/c1-18-15-24(32-37-18)35-16-22(34)30-20-5-9-26(29,10-6-20)11-14-33-12-7-19-3-4-23(31-21(19)8-13-33)36-17-25(2,27)28/h3-4,15,20H,5-14,16-17H2,1-2H3,(H,30,34). The van der Waals surface area contributed by atoms with Crippen molar-refractivity contribution in [1.29, 1.82) is 0 Å². The monoisotopic (exact) mass is 524 g/mol. The van der Waals surface area contributed by atoms with Gasteiger partial charge in [-0.2, -0.15) is 0 Å². The molecule has 0 radical (unpaired) electrons. The van der Waals surface area contributed by atoms with Crippen LogP contribution in [0.4, 0.5) is 13.2 Å². The van der Waals surface area contributed by atoms with Gasteiger partial charge >= 0.3 is 0 Å². The molecule has 0 aromatic carbocycles. The second kappa shape index (κ2) is 11.7. The Balaban J connectivity index is 1.17. The highest BCUT2D eigenvalue weighted by Gasteiger charge is 2.36. The van der Waals surface area contributed by atoms with Crippen LogP contribution in [0.2, 0.25) is 0 Å². The van der Waals surface area contributed by atoms with Gasteiger partial charge in [-0.05, 0) is 56.2 Å². The van der Waals surface area contributed by atoms with Crippen LogP contribution in [0.3, 0.4) is 0 Å². The molecule has 11 heteroatoms. The predicted molar refractivity (Wildman–Crippen MR) is 130 cm³/mol. The van der Waals surface area contributed by atoms with Crippen molar-refractivity contribution in [3.05, 3.63) is 35.2 Å². The number of amides is 1. The lowest BCUT2D eigenvalue weighted by molar-refractivity contribution is -0.124. The molecule has 3 heterocycles. The molecule has 1 fully saturated rings. The Morgan fingerprint density at radius 3 is 2.68 bits per heavy atom. The van der Waals surface area contributed by atoms with Gasteiger partial charge in [-0.3, -0.25) is 4.79 Å². The van der Waals surface area contributed by atoms with E-state index in [1.807, 2.05) is 6.07 Å². The highest BCUT2D eigenvalue weighted by Crippen LogP contribution is 2.35. The first kappa shape index (κ1) is 27.2. The van der Waals surface area contributed by atoms with E-state index in [1.54, 1.807) is 19.1 Å². The van der Waals surface area contributed by atoms with Crippen LogP contribution in [0.1, 0.15) is 56.0 Å². The summed E-state index contributed by atoms with van der Waals surface area (Å²) in [5.74, 6) is -2.10. The number of hydrogen-bond acceptors (Lipinski definition) is 7. The number of halogens is 3. The van der Waals surface area contributed by atoms with Crippen LogP contribution >= 0.6 is 0 Å². The second-order valence-corrected chi connectivity index (χ2v) is 10.3. The first-order valence-corrected chi connectivity index (χ1v) is 12.8. The van der Waals surface area contributed by atoms with Gasteiger partial charge in [-0.15, -0.1) is 0 Å². The third kappa shape index (κ3) is 8.34. The van der Waals surface area contributed by atoms with Crippen molar-refractivity contribution < 1.29 is 32.0 Å². The van der Waals surface area contributed by atoms with Crippen LogP contribution in [-0.4, -0.2) is 71.4 Å². The highest BCUT2D eigenvalue weighted by molar-refractivity contribution is 5.77. The van der Waals surface area contributed by atoms with E-state index in [2.05, 4.69) is 20.4 Å². The number of rotatable bonds is 10. The van der Waals surface area contributed by atoms with Crippen molar-refractivity contribution >= 4 is 5.91 Å². The first-order valence-electron chi connectivity index (χ1n) is 12.8. The number of pyridine rings is 1. The summed E-state index contributed by atoms with van der Waals surface area (Å²) in [7, 11) is 0. The number of fused-ring (bicyclic) bond motifs is 1. The highest BCUT2D eigenvalue weighted by atomic mass is 19.3. The quantitative estimate of drug-likeness (QED) is 0.502. The number of carbonyl (C=O) groups is 1. The average molecular weight is 525 g/mol. The molecular formula is C26H35F3N4O4. The summed E-state index contributed by atoms with van der Waals surface area (Å²) < 4.78 is 57.1. The van der Waals surface area contributed by atoms with Gasteiger partial charge in [0.1, 0.15) is 11.4 Å². The van der Waals surface area contributed by atoms with Gasteiger partial charge in [0.25, 0.3) is 17.7 Å². The molecule has 2 aliphatic rings. The third-order valence-electron chi connectivity index (χ3n) is 6.96. The molecule has 0 saturated heterocycles. The lowest BCUT2D eigenvalue weighted by atomic mass is 9.81. The number of carbonyl (C=O) groups excluding carboxylic acids is 1. The molecule has 0 spiro atoms. The molecule has 2 aromatic heterocycles. The summed E-state index contributed by atoms with van der Waals surface area (Å²) in [5.41, 5.74) is 0.681. The van der Waals surface area contributed by atoms with E-state index in [4.69, 9.17) is 14.0 Å². The molecule has 204 valence electrons. The van der Waals surface area contributed by atoms with Gasteiger partial charge in [-0.25, -0.2) is 18.2 Å². The van der Waals surface area contributed by atoms with E-state index >= 15 is 4.39 Å². The Bertz CT molecular complexity index is 1050. The van der Waals surface area contributed by atoms with Gasteiger partial charge in [0.05, 0.1) is 0 Å². The molecule has 0 bridgehead atoms. The van der Waals surface area contributed by atoms with E-state index in [1.165, 1.54) is 0 Å². The van der Waals surface area contributed by atoms with Gasteiger partial charge < -0.3 is 24.2 Å². The summed E-state index contributed by atoms with van der Waals surface area (Å²) in [4.78, 5) is 18.8. The Morgan fingerprint density at radius 1 is 1.22 bits per heavy atom. The maximum atomic E-state index is 15.5. The third-order valence-corrected chi connectivity index (χ3v) is 6.96. The number of aromatic nitrogens is 2. The van der Waals surface area contributed by atoms with Gasteiger partial charge in [0.15, 0.2) is 13.2 Å². The maximum absolute atomic E-state index is 15.5. The average Bonchev–Trinajstić information content (AvgIpc) is 3.16. The molecule has 8 nitrogen and oxygen atoms in total. The zero-order valence-electron chi connectivity index (χ0n) is 21.4. The molecule has 1 saturated carbocycles. The van der Waals surface area contributed by atoms with Crippen molar-refractivity contribution in [2.45, 2.75) is 76.4 Å². The molecule has 2 aromatic rings. The maximum Gasteiger partial charge on any atom is 0.278 e. The Morgan fingerprint density at radius 2 is 1.97 bits per heavy atom. The van der Waals surface area contributed by atoms with E-state index in [9.17, 15) is 13.6 Å². The van der Waals surface area contributed by atoms with E-state index < -0.39 is 18.2 Å². The fourth-order valence-corrected chi connectivity index (χ4v) is 4.82. The van der Waals surface area contributed by atoms with Gasteiger partial charge in [0.2, 0.25) is 5.88 Å². The Kier molecular flexibility index (Phi) is 8.61. The fourth-order valence-electron chi connectivity index (χ4n) is 4.82. The summed E-state index contributed by atoms with van der Waals surface area (Å²) in [6, 6.07) is 5.06. The van der Waals surface area contributed by atoms with Crippen LogP contribution < -0.4 is 14.8 Å². The van der Waals surface area contributed by atoms with Crippen molar-refractivity contribution in [3.8, 4) is 11.8 Å². The lowest BCUT2D eigenvalue weighted by Gasteiger charge is -2.35. The molecule has 4 rings (SSSR count). The number of hydrogen-bond donors (Lipinski definition) is 1. The van der Waals surface area contributed by atoms with Gasteiger partial charge in [0, 0.05) is 56.8 Å². The van der Waals surface area contributed by atoms with Crippen molar-refractivity contribution in [3.63, 3.8) is 0 Å². The fraction of sp³-hybridized carbons (Fsp3) is 0.654. The van der Waals surface area contributed by atoms with E-state index in [0.29, 0.717) is 50.8 Å². The molecule has 1 aliphatic carbocycles. The molecule has 1 aliphatic heterocycles. The van der Waals surface area contributed by atoms with E-state index in [0.717, 1.165) is 37.7 Å². The summed E-state index contributed by atoms with van der Waals surface area (Å²) in [6.45, 7) is 3.85. The molecule has 1 N–H and O–H groups in total. The van der Waals surface area contributed by atoms with Crippen molar-refractivity contribution in [2.24, 2.45) is 0 Å². The topological polar surface area (TPSA) is 89.7 Å². The number of alkyl halides is 3. The smallest absolute Gasteiger partial charge is 0.278 e. The van der Waals surface area contributed by atoms with Crippen LogP contribution in [0.5, 0.6) is 11.8 Å². The van der Waals surface area contributed by atoms with Crippen molar-refractivity contribution in [2.75, 3.05) is 32.8 Å². The zero-order valence-corrected chi connectivity index (χ0v) is 21.4. The van der Waals surface area contributed by atoms with Crippen LogP contribution in [0, 0.1) is 6.92 Å². The molecule has 37 heavy (non-hydrogen) atoms. The predicted octanol–water partition coefficient (Wildman–Crippen LogP) is 4.05. The van der Waals surface area contributed by atoms with Crippen LogP contribution in [0.25, 0.3) is 0 Å². The number of aryl methyl sites for hydroxylation is 1. The lowest BCUT2D eigenvalue weighted by Crippen LogP contribution is -2.44. The summed E-state index contributed by atoms with van der Waals surface area (Å²) in [5, 5.41) is 6.61. The molecule has 0 atom stereocenters. The summed E-state index contributed by atoms with van der Waals surface area (Å²) >= 11 is 0. The van der Waals surface area contributed by atoms with E-state index in [-0.39, 0.29) is 30.3 Å².